The average Bonchev–Trinajstić information content (AvgIpc) is 3.81. The minimum atomic E-state index is -1.28. The molecule has 6 rings (SSSR count). The van der Waals surface area contributed by atoms with Crippen LogP contribution in [0.1, 0.15) is 54.4 Å². The monoisotopic (exact) mass is 522 g/mol. The minimum Gasteiger partial charge on any atom is -0.369 e. The van der Waals surface area contributed by atoms with Gasteiger partial charge in [-0.3, -0.25) is 14.4 Å². The Kier molecular flexibility index (Phi) is 7.17. The molecule has 0 unspecified atom stereocenters. The first-order chi connectivity index (χ1) is 18.3. The van der Waals surface area contributed by atoms with Crippen molar-refractivity contribution in [3.63, 3.8) is 0 Å². The molecule has 3 aromatic rings. The number of primary amides is 1. The van der Waals surface area contributed by atoms with Gasteiger partial charge in [-0.05, 0) is 67.9 Å². The number of aromatic nitrogens is 3. The van der Waals surface area contributed by atoms with Crippen LogP contribution in [0.25, 0.3) is 16.6 Å². The second-order valence-electron chi connectivity index (χ2n) is 9.78. The number of fused-ring (bicyclic) bond motifs is 1. The summed E-state index contributed by atoms with van der Waals surface area (Å²) in [6.45, 7) is 0.671. The maximum absolute atomic E-state index is 14.1. The third kappa shape index (κ3) is 5.71. The minimum absolute atomic E-state index is 0.0208. The van der Waals surface area contributed by atoms with Crippen LogP contribution in [0.2, 0.25) is 0 Å². The van der Waals surface area contributed by atoms with Gasteiger partial charge in [0.05, 0.1) is 5.56 Å². The van der Waals surface area contributed by atoms with Gasteiger partial charge in [0.2, 0.25) is 17.8 Å². The van der Waals surface area contributed by atoms with E-state index in [0.29, 0.717) is 30.9 Å². The molecule has 11 heteroatoms. The third-order valence-corrected chi connectivity index (χ3v) is 6.85. The van der Waals surface area contributed by atoms with Crippen LogP contribution in [0.4, 0.5) is 14.6 Å². The molecule has 38 heavy (non-hydrogen) atoms. The van der Waals surface area contributed by atoms with E-state index in [1.54, 1.807) is 6.20 Å². The Bertz CT molecular complexity index is 1430. The SMILES string of the molecule is NC(=O)C1CC1.O=C(Nc1cc(C2=CCN(C(=O)c3ccnc(F)c3F)CCC2)c2cc[nH]c2n1)C1CC1. The average molecular weight is 523 g/mol. The molecule has 2 saturated carbocycles. The molecule has 3 amide bonds. The van der Waals surface area contributed by atoms with Crippen molar-refractivity contribution in [2.75, 3.05) is 18.4 Å². The molecule has 1 aliphatic heterocycles. The smallest absolute Gasteiger partial charge is 0.257 e. The highest BCUT2D eigenvalue weighted by atomic mass is 19.2. The highest BCUT2D eigenvalue weighted by molar-refractivity contribution is 5.98. The summed E-state index contributed by atoms with van der Waals surface area (Å²) in [5.74, 6) is -2.44. The lowest BCUT2D eigenvalue weighted by Crippen LogP contribution is -2.32. The normalized spacial score (nSPS) is 17.2. The number of halogens is 2. The van der Waals surface area contributed by atoms with Crippen molar-refractivity contribution in [2.24, 2.45) is 17.6 Å². The molecule has 198 valence electrons. The zero-order valence-corrected chi connectivity index (χ0v) is 20.7. The van der Waals surface area contributed by atoms with Crippen molar-refractivity contribution in [1.29, 1.82) is 0 Å². The number of allylic oxidation sites excluding steroid dienone is 1. The molecule has 0 spiro atoms. The van der Waals surface area contributed by atoms with E-state index in [9.17, 15) is 23.2 Å². The number of nitrogens with one attached hydrogen (secondary N) is 2. The predicted molar refractivity (Wildman–Crippen MR) is 137 cm³/mol. The summed E-state index contributed by atoms with van der Waals surface area (Å²) < 4.78 is 27.5. The van der Waals surface area contributed by atoms with E-state index in [1.807, 2.05) is 18.2 Å². The van der Waals surface area contributed by atoms with Crippen molar-refractivity contribution in [1.82, 2.24) is 19.9 Å². The van der Waals surface area contributed by atoms with Gasteiger partial charge in [0.15, 0.2) is 5.82 Å². The Labute approximate surface area is 217 Å². The Morgan fingerprint density at radius 1 is 1.11 bits per heavy atom. The third-order valence-electron chi connectivity index (χ3n) is 6.85. The zero-order valence-electron chi connectivity index (χ0n) is 20.7. The molecule has 3 aromatic heterocycles. The Morgan fingerprint density at radius 3 is 2.55 bits per heavy atom. The van der Waals surface area contributed by atoms with E-state index in [1.165, 1.54) is 11.0 Å². The van der Waals surface area contributed by atoms with E-state index in [4.69, 9.17) is 5.73 Å². The fourth-order valence-electron chi connectivity index (χ4n) is 4.37. The standard InChI is InChI=1S/C23H21F2N5O2.C4H7NO/c24-19-16(6-8-26-20(19)25)23(32)30-10-1-2-13(7-11-30)17-12-18(29-22(31)14-3-4-14)28-21-15(17)5-9-27-21;5-4(6)3-1-2-3/h5-9,12,14H,1-4,10-11H2,(H2,27,28,29,31);3H,1-2H2,(H2,5,6). The first kappa shape index (κ1) is 25.5. The van der Waals surface area contributed by atoms with Crippen LogP contribution in [0.5, 0.6) is 0 Å². The van der Waals surface area contributed by atoms with Crippen LogP contribution < -0.4 is 11.1 Å². The number of carbonyl (C=O) groups excluding carboxylic acids is 3. The number of carbonyl (C=O) groups is 3. The maximum atomic E-state index is 14.1. The molecule has 4 heterocycles. The van der Waals surface area contributed by atoms with Crippen molar-refractivity contribution >= 4 is 40.1 Å². The van der Waals surface area contributed by atoms with Gasteiger partial charge in [0, 0.05) is 42.7 Å². The van der Waals surface area contributed by atoms with Crippen LogP contribution in [0.3, 0.4) is 0 Å². The molecule has 2 fully saturated rings. The van der Waals surface area contributed by atoms with Crippen molar-refractivity contribution in [2.45, 2.75) is 38.5 Å². The van der Waals surface area contributed by atoms with Gasteiger partial charge in [-0.25, -0.2) is 14.4 Å². The van der Waals surface area contributed by atoms with Crippen molar-refractivity contribution in [3.05, 3.63) is 59.6 Å². The lowest BCUT2D eigenvalue weighted by Gasteiger charge is -2.19. The topological polar surface area (TPSA) is 134 Å². The number of H-pyrrole nitrogens is 1. The van der Waals surface area contributed by atoms with E-state index in [2.05, 4.69) is 20.3 Å². The fraction of sp³-hybridized carbons (Fsp3) is 0.370. The summed E-state index contributed by atoms with van der Waals surface area (Å²) in [5.41, 5.74) is 7.14. The van der Waals surface area contributed by atoms with E-state index >= 15 is 0 Å². The largest absolute Gasteiger partial charge is 0.369 e. The predicted octanol–water partition coefficient (Wildman–Crippen LogP) is 3.79. The molecule has 0 saturated heterocycles. The quantitative estimate of drug-likeness (QED) is 0.439. The second-order valence-corrected chi connectivity index (χ2v) is 9.78. The lowest BCUT2D eigenvalue weighted by atomic mass is 9.99. The summed E-state index contributed by atoms with van der Waals surface area (Å²) >= 11 is 0. The number of nitrogens with zero attached hydrogens (tertiary/aromatic N) is 3. The summed E-state index contributed by atoms with van der Waals surface area (Å²) in [7, 11) is 0. The zero-order chi connectivity index (χ0) is 26.8. The number of aromatic amines is 1. The lowest BCUT2D eigenvalue weighted by molar-refractivity contribution is -0.119. The Balaban J connectivity index is 0.000000433. The number of rotatable bonds is 5. The molecule has 0 radical (unpaired) electrons. The molecule has 9 nitrogen and oxygen atoms in total. The summed E-state index contributed by atoms with van der Waals surface area (Å²) in [6, 6.07) is 4.98. The van der Waals surface area contributed by atoms with Crippen LogP contribution in [-0.2, 0) is 9.59 Å². The van der Waals surface area contributed by atoms with Gasteiger partial charge in [-0.15, -0.1) is 0 Å². The van der Waals surface area contributed by atoms with Gasteiger partial charge in [0.25, 0.3) is 5.91 Å². The number of hydrogen-bond donors (Lipinski definition) is 3. The molecule has 4 N–H and O–H groups in total. The van der Waals surface area contributed by atoms with E-state index in [-0.39, 0.29) is 35.8 Å². The molecule has 3 aliphatic rings. The number of hydrogen-bond acceptors (Lipinski definition) is 5. The Morgan fingerprint density at radius 2 is 1.87 bits per heavy atom. The number of pyridine rings is 2. The van der Waals surface area contributed by atoms with Crippen LogP contribution in [0.15, 0.2) is 36.7 Å². The molecular formula is C27H28F2N6O3. The first-order valence-corrected chi connectivity index (χ1v) is 12.7. The molecular weight excluding hydrogens is 494 g/mol. The molecule has 0 aromatic carbocycles. The van der Waals surface area contributed by atoms with Gasteiger partial charge in [-0.2, -0.15) is 4.39 Å². The first-order valence-electron chi connectivity index (χ1n) is 12.7. The van der Waals surface area contributed by atoms with E-state index < -0.39 is 17.7 Å². The van der Waals surface area contributed by atoms with Gasteiger partial charge >= 0.3 is 0 Å². The summed E-state index contributed by atoms with van der Waals surface area (Å²) in [5, 5.41) is 3.82. The summed E-state index contributed by atoms with van der Waals surface area (Å²) in [4.78, 5) is 47.3. The number of anilines is 1. The molecule has 2 aliphatic carbocycles. The Hall–Kier alpha value is -4.15. The number of nitrogens with two attached hydrogens (primary N) is 1. The van der Waals surface area contributed by atoms with Crippen LogP contribution >= 0.6 is 0 Å². The van der Waals surface area contributed by atoms with Crippen molar-refractivity contribution in [3.8, 4) is 0 Å². The number of amides is 3. The molecule has 0 bridgehead atoms. The summed E-state index contributed by atoms with van der Waals surface area (Å²) in [6.07, 6.45) is 10.0. The fourth-order valence-corrected chi connectivity index (χ4v) is 4.37. The van der Waals surface area contributed by atoms with Gasteiger partial charge in [0.1, 0.15) is 11.5 Å². The van der Waals surface area contributed by atoms with Gasteiger partial charge < -0.3 is 20.9 Å². The molecule has 0 atom stereocenters. The van der Waals surface area contributed by atoms with Crippen LogP contribution in [0, 0.1) is 23.6 Å². The van der Waals surface area contributed by atoms with Gasteiger partial charge in [-0.1, -0.05) is 6.08 Å². The van der Waals surface area contributed by atoms with E-state index in [0.717, 1.165) is 48.4 Å². The van der Waals surface area contributed by atoms with Crippen LogP contribution in [-0.4, -0.2) is 50.7 Å². The second kappa shape index (κ2) is 10.7. The highest BCUT2D eigenvalue weighted by Crippen LogP contribution is 2.33. The van der Waals surface area contributed by atoms with Crippen molar-refractivity contribution < 1.29 is 23.2 Å². The maximum Gasteiger partial charge on any atom is 0.257 e. The highest BCUT2D eigenvalue weighted by Gasteiger charge is 2.30.